The normalized spacial score (nSPS) is 8.91. The maximum Gasteiger partial charge on any atom is -0.0307 e. The SMILES string of the molecule is CCc1cccc(CC)c1.O. The van der Waals surface area contributed by atoms with Crippen LogP contribution >= 0.6 is 0 Å². The minimum Gasteiger partial charge on any atom is -0.412 e. The van der Waals surface area contributed by atoms with Crippen molar-refractivity contribution in [1.29, 1.82) is 0 Å². The Balaban J connectivity index is 0.000001000. The standard InChI is InChI=1S/C10H14.H2O/c1-3-9-6-5-7-10(4-2)8-9;/h5-8H,3-4H2,1-2H3;1H2. The van der Waals surface area contributed by atoms with Crippen molar-refractivity contribution >= 4 is 0 Å². The Kier molecular flexibility index (Phi) is 4.55. The summed E-state index contributed by atoms with van der Waals surface area (Å²) in [5, 5.41) is 0. The van der Waals surface area contributed by atoms with Crippen LogP contribution in [0.4, 0.5) is 0 Å². The smallest absolute Gasteiger partial charge is 0.0307 e. The first-order valence-electron chi connectivity index (χ1n) is 3.94. The molecular formula is C10H16O. The maximum atomic E-state index is 2.28. The second kappa shape index (κ2) is 4.91. The molecule has 0 aromatic heterocycles. The van der Waals surface area contributed by atoms with Gasteiger partial charge in [-0.1, -0.05) is 38.1 Å². The quantitative estimate of drug-likeness (QED) is 0.620. The lowest BCUT2D eigenvalue weighted by atomic mass is 10.1. The molecule has 0 spiro atoms. The van der Waals surface area contributed by atoms with Gasteiger partial charge in [-0.05, 0) is 24.0 Å². The monoisotopic (exact) mass is 152 g/mol. The molecule has 2 N–H and O–H groups in total. The highest BCUT2D eigenvalue weighted by atomic mass is 16.0. The fraction of sp³-hybridized carbons (Fsp3) is 0.400. The number of rotatable bonds is 2. The van der Waals surface area contributed by atoms with Crippen molar-refractivity contribution in [1.82, 2.24) is 0 Å². The molecule has 0 unspecified atom stereocenters. The molecule has 1 heteroatoms. The molecule has 1 aromatic carbocycles. The molecule has 0 saturated carbocycles. The Hall–Kier alpha value is -0.820. The van der Waals surface area contributed by atoms with Crippen LogP contribution < -0.4 is 0 Å². The summed E-state index contributed by atoms with van der Waals surface area (Å²) < 4.78 is 0. The van der Waals surface area contributed by atoms with E-state index in [4.69, 9.17) is 0 Å². The topological polar surface area (TPSA) is 31.5 Å². The number of hydrogen-bond acceptors (Lipinski definition) is 0. The first-order chi connectivity index (χ1) is 4.86. The fourth-order valence-electron chi connectivity index (χ4n) is 1.07. The molecule has 0 amide bonds. The fourth-order valence-corrected chi connectivity index (χ4v) is 1.07. The lowest BCUT2D eigenvalue weighted by molar-refractivity contribution is 0.824. The lowest BCUT2D eigenvalue weighted by Gasteiger charge is -1.98. The molecule has 0 saturated heterocycles. The molecule has 0 radical (unpaired) electrons. The molecule has 0 bridgehead atoms. The summed E-state index contributed by atoms with van der Waals surface area (Å²) in [6.07, 6.45) is 2.29. The zero-order chi connectivity index (χ0) is 7.40. The molecule has 11 heavy (non-hydrogen) atoms. The van der Waals surface area contributed by atoms with Gasteiger partial charge < -0.3 is 5.48 Å². The zero-order valence-corrected chi connectivity index (χ0v) is 7.22. The van der Waals surface area contributed by atoms with Gasteiger partial charge in [-0.2, -0.15) is 0 Å². The lowest BCUT2D eigenvalue weighted by Crippen LogP contribution is -1.83. The van der Waals surface area contributed by atoms with E-state index in [9.17, 15) is 0 Å². The highest BCUT2D eigenvalue weighted by molar-refractivity contribution is 5.23. The molecule has 0 aliphatic heterocycles. The Morgan fingerprint density at radius 1 is 1.00 bits per heavy atom. The third kappa shape index (κ3) is 2.72. The highest BCUT2D eigenvalue weighted by Crippen LogP contribution is 2.05. The van der Waals surface area contributed by atoms with Crippen LogP contribution in [0.1, 0.15) is 25.0 Å². The molecule has 0 aliphatic carbocycles. The molecule has 62 valence electrons. The van der Waals surface area contributed by atoms with E-state index in [-0.39, 0.29) is 5.48 Å². The van der Waals surface area contributed by atoms with Crippen molar-refractivity contribution < 1.29 is 5.48 Å². The molecule has 0 heterocycles. The van der Waals surface area contributed by atoms with Gasteiger partial charge in [0, 0.05) is 0 Å². The van der Waals surface area contributed by atoms with Gasteiger partial charge >= 0.3 is 0 Å². The third-order valence-corrected chi connectivity index (χ3v) is 1.81. The van der Waals surface area contributed by atoms with Gasteiger partial charge in [-0.25, -0.2) is 0 Å². The Bertz CT molecular complexity index is 187. The molecule has 0 atom stereocenters. The van der Waals surface area contributed by atoms with Gasteiger partial charge in [0.15, 0.2) is 0 Å². The van der Waals surface area contributed by atoms with Crippen LogP contribution in [-0.4, -0.2) is 5.48 Å². The minimum atomic E-state index is 0. The summed E-state index contributed by atoms with van der Waals surface area (Å²) in [6.45, 7) is 4.38. The molecule has 1 nitrogen and oxygen atoms in total. The third-order valence-electron chi connectivity index (χ3n) is 1.81. The van der Waals surface area contributed by atoms with E-state index in [1.54, 1.807) is 0 Å². The molecular weight excluding hydrogens is 136 g/mol. The van der Waals surface area contributed by atoms with E-state index in [0.717, 1.165) is 12.8 Å². The van der Waals surface area contributed by atoms with Gasteiger partial charge in [0.25, 0.3) is 0 Å². The van der Waals surface area contributed by atoms with Crippen LogP contribution in [0, 0.1) is 0 Å². The van der Waals surface area contributed by atoms with E-state index >= 15 is 0 Å². The largest absolute Gasteiger partial charge is 0.412 e. The summed E-state index contributed by atoms with van der Waals surface area (Å²) in [7, 11) is 0. The highest BCUT2D eigenvalue weighted by Gasteiger charge is 1.89. The first kappa shape index (κ1) is 10.2. The van der Waals surface area contributed by atoms with Crippen molar-refractivity contribution in [2.45, 2.75) is 26.7 Å². The van der Waals surface area contributed by atoms with E-state index in [1.807, 2.05) is 0 Å². The second-order valence-corrected chi connectivity index (χ2v) is 2.53. The van der Waals surface area contributed by atoms with Crippen LogP contribution in [0.15, 0.2) is 24.3 Å². The predicted octanol–water partition coefficient (Wildman–Crippen LogP) is 1.99. The van der Waals surface area contributed by atoms with Gasteiger partial charge in [0.05, 0.1) is 0 Å². The van der Waals surface area contributed by atoms with E-state index < -0.39 is 0 Å². The van der Waals surface area contributed by atoms with Gasteiger partial charge in [0.1, 0.15) is 0 Å². The van der Waals surface area contributed by atoms with Crippen molar-refractivity contribution in [3.63, 3.8) is 0 Å². The second-order valence-electron chi connectivity index (χ2n) is 2.53. The average Bonchev–Trinajstić information content (AvgIpc) is 2.05. The number of benzene rings is 1. The average molecular weight is 152 g/mol. The van der Waals surface area contributed by atoms with Crippen LogP contribution in [0.25, 0.3) is 0 Å². The van der Waals surface area contributed by atoms with Crippen molar-refractivity contribution in [2.24, 2.45) is 0 Å². The summed E-state index contributed by atoms with van der Waals surface area (Å²) >= 11 is 0. The van der Waals surface area contributed by atoms with E-state index in [2.05, 4.69) is 38.1 Å². The summed E-state index contributed by atoms with van der Waals surface area (Å²) in [5.41, 5.74) is 2.89. The summed E-state index contributed by atoms with van der Waals surface area (Å²) in [4.78, 5) is 0. The van der Waals surface area contributed by atoms with Crippen LogP contribution in [0.3, 0.4) is 0 Å². The Labute approximate surface area is 68.4 Å². The molecule has 1 rings (SSSR count). The number of aryl methyl sites for hydroxylation is 2. The Morgan fingerprint density at radius 2 is 1.45 bits per heavy atom. The van der Waals surface area contributed by atoms with Crippen molar-refractivity contribution in [3.05, 3.63) is 35.4 Å². The zero-order valence-electron chi connectivity index (χ0n) is 7.22. The van der Waals surface area contributed by atoms with Crippen molar-refractivity contribution in [2.75, 3.05) is 0 Å². The summed E-state index contributed by atoms with van der Waals surface area (Å²) in [5.74, 6) is 0. The van der Waals surface area contributed by atoms with Crippen LogP contribution in [0.5, 0.6) is 0 Å². The Morgan fingerprint density at radius 3 is 1.82 bits per heavy atom. The summed E-state index contributed by atoms with van der Waals surface area (Å²) in [6, 6.07) is 8.77. The first-order valence-corrected chi connectivity index (χ1v) is 3.94. The molecule has 0 aliphatic rings. The molecule has 1 aromatic rings. The minimum absolute atomic E-state index is 0. The molecule has 0 fully saturated rings. The maximum absolute atomic E-state index is 2.28. The van der Waals surface area contributed by atoms with E-state index in [1.165, 1.54) is 11.1 Å². The van der Waals surface area contributed by atoms with Crippen LogP contribution in [0.2, 0.25) is 0 Å². The van der Waals surface area contributed by atoms with E-state index in [0.29, 0.717) is 0 Å². The van der Waals surface area contributed by atoms with Gasteiger partial charge in [0.2, 0.25) is 0 Å². The van der Waals surface area contributed by atoms with Gasteiger partial charge in [-0.3, -0.25) is 0 Å². The number of hydrogen-bond donors (Lipinski definition) is 0. The predicted molar refractivity (Wildman–Crippen MR) is 48.8 cm³/mol. The van der Waals surface area contributed by atoms with Gasteiger partial charge in [-0.15, -0.1) is 0 Å². The van der Waals surface area contributed by atoms with Crippen LogP contribution in [-0.2, 0) is 12.8 Å². The van der Waals surface area contributed by atoms with Crippen molar-refractivity contribution in [3.8, 4) is 0 Å².